The normalized spacial score (nSPS) is 19.3. The van der Waals surface area contributed by atoms with Gasteiger partial charge in [-0.25, -0.2) is 0 Å². The van der Waals surface area contributed by atoms with E-state index in [-0.39, 0.29) is 11.8 Å². The number of nitrogens with zero attached hydrogens (tertiary/aromatic N) is 4. The van der Waals surface area contributed by atoms with E-state index in [0.717, 1.165) is 63.4 Å². The zero-order valence-electron chi connectivity index (χ0n) is 21.0. The summed E-state index contributed by atoms with van der Waals surface area (Å²) in [5, 5.41) is 7.28. The predicted molar refractivity (Wildman–Crippen MR) is 137 cm³/mol. The molecule has 1 atom stereocenters. The summed E-state index contributed by atoms with van der Waals surface area (Å²) in [7, 11) is 0. The van der Waals surface area contributed by atoms with Gasteiger partial charge in [-0.05, 0) is 37.4 Å². The molecule has 3 heterocycles. The minimum absolute atomic E-state index is 0.0289. The quantitative estimate of drug-likeness (QED) is 0.519. The van der Waals surface area contributed by atoms with Gasteiger partial charge < -0.3 is 14.6 Å². The Bertz CT molecular complexity index is 1120. The van der Waals surface area contributed by atoms with Gasteiger partial charge in [0.1, 0.15) is 0 Å². The summed E-state index contributed by atoms with van der Waals surface area (Å²) in [6.45, 7) is 9.33. The van der Waals surface area contributed by atoms with Crippen LogP contribution in [0.25, 0.3) is 11.4 Å². The molecule has 2 aliphatic rings. The number of piperidine rings is 1. The van der Waals surface area contributed by atoms with Crippen LogP contribution in [0.15, 0.2) is 53.1 Å². The second kappa shape index (κ2) is 11.8. The highest BCUT2D eigenvalue weighted by Crippen LogP contribution is 2.21. The summed E-state index contributed by atoms with van der Waals surface area (Å²) in [6, 6.07) is 16.6. The highest BCUT2D eigenvalue weighted by molar-refractivity contribution is 5.79. The summed E-state index contributed by atoms with van der Waals surface area (Å²) in [6.07, 6.45) is 1.88. The predicted octanol–water partition coefficient (Wildman–Crippen LogP) is 3.41. The van der Waals surface area contributed by atoms with Gasteiger partial charge in [-0.1, -0.05) is 59.3 Å². The Balaban J connectivity index is 1.09. The van der Waals surface area contributed by atoms with E-state index in [1.54, 1.807) is 0 Å². The molecule has 2 fully saturated rings. The minimum Gasteiger partial charge on any atom is -0.379 e. The molecule has 2 aliphatic heterocycles. The first-order chi connectivity index (χ1) is 17.6. The van der Waals surface area contributed by atoms with Crippen LogP contribution >= 0.6 is 0 Å². The number of hydrogen-bond acceptors (Lipinski definition) is 7. The lowest BCUT2D eigenvalue weighted by atomic mass is 9.97. The van der Waals surface area contributed by atoms with E-state index < -0.39 is 0 Å². The first kappa shape index (κ1) is 24.6. The molecule has 1 aromatic heterocycles. The van der Waals surface area contributed by atoms with Gasteiger partial charge in [0.2, 0.25) is 17.6 Å². The molecule has 2 saturated heterocycles. The van der Waals surface area contributed by atoms with Crippen LogP contribution in [0.1, 0.15) is 35.4 Å². The molecule has 3 aromatic rings. The first-order valence-electron chi connectivity index (χ1n) is 12.9. The SMILES string of the molecule is Cc1ccc(-c2noc(CN3CCCC(C(=O)NCc4ccc(CN5CCOCC5)cc4)C3)n2)cc1. The van der Waals surface area contributed by atoms with Crippen LogP contribution in [0.3, 0.4) is 0 Å². The van der Waals surface area contributed by atoms with Crippen molar-refractivity contribution in [1.29, 1.82) is 0 Å². The summed E-state index contributed by atoms with van der Waals surface area (Å²) in [5.74, 6) is 1.28. The summed E-state index contributed by atoms with van der Waals surface area (Å²) in [5.41, 5.74) is 4.55. The number of amides is 1. The van der Waals surface area contributed by atoms with Gasteiger partial charge in [-0.2, -0.15) is 4.98 Å². The number of benzene rings is 2. The molecule has 36 heavy (non-hydrogen) atoms. The van der Waals surface area contributed by atoms with Gasteiger partial charge in [-0.15, -0.1) is 0 Å². The van der Waals surface area contributed by atoms with E-state index >= 15 is 0 Å². The molecule has 190 valence electrons. The standard InChI is InChI=1S/C28H35N5O3/c1-21-4-10-24(11-5-21)27-30-26(36-31-27)20-33-12-2-3-25(19-33)28(34)29-17-22-6-8-23(9-7-22)18-32-13-15-35-16-14-32/h4-11,25H,2-3,12-20H2,1H3,(H,29,34). The van der Waals surface area contributed by atoms with Crippen molar-refractivity contribution < 1.29 is 14.1 Å². The average Bonchev–Trinajstić information content (AvgIpc) is 3.37. The number of carbonyl (C=O) groups is 1. The van der Waals surface area contributed by atoms with Gasteiger partial charge in [-0.3, -0.25) is 14.6 Å². The Morgan fingerprint density at radius 2 is 1.72 bits per heavy atom. The highest BCUT2D eigenvalue weighted by Gasteiger charge is 2.27. The second-order valence-electron chi connectivity index (χ2n) is 9.87. The Morgan fingerprint density at radius 3 is 2.50 bits per heavy atom. The Labute approximate surface area is 212 Å². The maximum atomic E-state index is 12.9. The molecule has 0 aliphatic carbocycles. The van der Waals surface area contributed by atoms with Gasteiger partial charge >= 0.3 is 0 Å². The Morgan fingerprint density at radius 1 is 0.972 bits per heavy atom. The number of aryl methyl sites for hydroxylation is 1. The van der Waals surface area contributed by atoms with Crippen LogP contribution in [-0.2, 0) is 29.2 Å². The number of likely N-dealkylation sites (tertiary alicyclic amines) is 1. The van der Waals surface area contributed by atoms with Crippen LogP contribution in [-0.4, -0.2) is 65.2 Å². The van der Waals surface area contributed by atoms with Gasteiger partial charge in [0.25, 0.3) is 0 Å². The molecule has 5 rings (SSSR count). The molecule has 0 radical (unpaired) electrons. The third-order valence-electron chi connectivity index (χ3n) is 7.01. The fourth-order valence-electron chi connectivity index (χ4n) is 4.86. The molecule has 0 saturated carbocycles. The van der Waals surface area contributed by atoms with E-state index in [0.29, 0.717) is 31.3 Å². The van der Waals surface area contributed by atoms with E-state index in [9.17, 15) is 4.79 Å². The van der Waals surface area contributed by atoms with Gasteiger partial charge in [0, 0.05) is 38.3 Å². The number of hydrogen-bond donors (Lipinski definition) is 1. The fraction of sp³-hybridized carbons (Fsp3) is 0.464. The molecule has 0 spiro atoms. The van der Waals surface area contributed by atoms with Crippen LogP contribution in [0.2, 0.25) is 0 Å². The monoisotopic (exact) mass is 489 g/mol. The lowest BCUT2D eigenvalue weighted by molar-refractivity contribution is -0.127. The topological polar surface area (TPSA) is 83.7 Å². The van der Waals surface area contributed by atoms with Crippen molar-refractivity contribution in [1.82, 2.24) is 25.3 Å². The van der Waals surface area contributed by atoms with Crippen LogP contribution in [0.5, 0.6) is 0 Å². The van der Waals surface area contributed by atoms with Crippen LogP contribution in [0.4, 0.5) is 0 Å². The van der Waals surface area contributed by atoms with Crippen molar-refractivity contribution in [3.05, 3.63) is 71.1 Å². The van der Waals surface area contributed by atoms with Crippen molar-refractivity contribution in [2.24, 2.45) is 5.92 Å². The molecule has 1 amide bonds. The lowest BCUT2D eigenvalue weighted by Gasteiger charge is -2.30. The zero-order valence-corrected chi connectivity index (χ0v) is 21.0. The number of ether oxygens (including phenoxy) is 1. The zero-order chi connectivity index (χ0) is 24.7. The fourth-order valence-corrected chi connectivity index (χ4v) is 4.86. The smallest absolute Gasteiger partial charge is 0.241 e. The molecule has 0 bridgehead atoms. The summed E-state index contributed by atoms with van der Waals surface area (Å²) in [4.78, 5) is 22.1. The first-order valence-corrected chi connectivity index (χ1v) is 12.9. The van der Waals surface area contributed by atoms with Crippen LogP contribution < -0.4 is 5.32 Å². The van der Waals surface area contributed by atoms with Crippen molar-refractivity contribution >= 4 is 5.91 Å². The highest BCUT2D eigenvalue weighted by atomic mass is 16.5. The molecule has 1 N–H and O–H groups in total. The van der Waals surface area contributed by atoms with Gasteiger partial charge in [0.05, 0.1) is 25.7 Å². The van der Waals surface area contributed by atoms with Crippen molar-refractivity contribution in [3.8, 4) is 11.4 Å². The second-order valence-corrected chi connectivity index (χ2v) is 9.87. The number of rotatable bonds is 8. The maximum absolute atomic E-state index is 12.9. The summed E-state index contributed by atoms with van der Waals surface area (Å²) >= 11 is 0. The molecule has 8 nitrogen and oxygen atoms in total. The van der Waals surface area contributed by atoms with Crippen molar-refractivity contribution in [2.45, 2.75) is 39.4 Å². The number of morpholine rings is 1. The van der Waals surface area contributed by atoms with E-state index in [1.165, 1.54) is 11.1 Å². The third-order valence-corrected chi connectivity index (χ3v) is 7.01. The molecule has 8 heteroatoms. The third kappa shape index (κ3) is 6.57. The minimum atomic E-state index is -0.0289. The largest absolute Gasteiger partial charge is 0.379 e. The van der Waals surface area contributed by atoms with Crippen molar-refractivity contribution in [3.63, 3.8) is 0 Å². The Kier molecular flexibility index (Phi) is 8.05. The molecular formula is C28H35N5O3. The van der Waals surface area contributed by atoms with Crippen LogP contribution in [0, 0.1) is 12.8 Å². The van der Waals surface area contributed by atoms with E-state index in [2.05, 4.69) is 56.4 Å². The van der Waals surface area contributed by atoms with E-state index in [1.807, 2.05) is 24.3 Å². The van der Waals surface area contributed by atoms with E-state index in [4.69, 9.17) is 9.26 Å². The van der Waals surface area contributed by atoms with Gasteiger partial charge in [0.15, 0.2) is 0 Å². The average molecular weight is 490 g/mol. The number of aromatic nitrogens is 2. The molecular weight excluding hydrogens is 454 g/mol. The summed E-state index contributed by atoms with van der Waals surface area (Å²) < 4.78 is 10.9. The van der Waals surface area contributed by atoms with Crippen molar-refractivity contribution in [2.75, 3.05) is 39.4 Å². The number of nitrogens with one attached hydrogen (secondary N) is 1. The molecule has 2 aromatic carbocycles. The Hall–Kier alpha value is -3.07. The molecule has 1 unspecified atom stereocenters. The maximum Gasteiger partial charge on any atom is 0.241 e. The number of carbonyl (C=O) groups excluding carboxylic acids is 1. The lowest BCUT2D eigenvalue weighted by Crippen LogP contribution is -2.42.